The van der Waals surface area contributed by atoms with Gasteiger partial charge < -0.3 is 0 Å². The van der Waals surface area contributed by atoms with E-state index in [4.69, 9.17) is 0 Å². The Balaban J connectivity index is 2.34. The zero-order valence-corrected chi connectivity index (χ0v) is 11.2. The first kappa shape index (κ1) is 11.8. The van der Waals surface area contributed by atoms with E-state index < -0.39 is 0 Å². The Kier molecular flexibility index (Phi) is 3.00. The first-order chi connectivity index (χ1) is 9.31. The molecule has 0 bridgehead atoms. The Bertz CT molecular complexity index is 732. The largest absolute Gasteiger partial charge is 0.264 e. The van der Waals surface area contributed by atoms with E-state index in [9.17, 15) is 0 Å². The van der Waals surface area contributed by atoms with Gasteiger partial charge in [0.2, 0.25) is 0 Å². The number of benzene rings is 1. The fourth-order valence-electron chi connectivity index (χ4n) is 2.52. The van der Waals surface area contributed by atoms with Gasteiger partial charge in [0.25, 0.3) is 0 Å². The van der Waals surface area contributed by atoms with E-state index in [2.05, 4.69) is 54.1 Å². The van der Waals surface area contributed by atoms with Crippen LogP contribution in [0, 0.1) is 6.92 Å². The molecule has 0 fully saturated rings. The van der Waals surface area contributed by atoms with E-state index in [1.807, 2.05) is 18.6 Å². The summed E-state index contributed by atoms with van der Waals surface area (Å²) in [4.78, 5) is 8.81. The lowest BCUT2D eigenvalue weighted by molar-refractivity contribution is 1.10. The molecule has 2 heteroatoms. The van der Waals surface area contributed by atoms with Crippen LogP contribution in [-0.2, 0) is 6.42 Å². The maximum Gasteiger partial charge on any atom is 0.0784 e. The van der Waals surface area contributed by atoms with Gasteiger partial charge in [-0.2, -0.15) is 0 Å². The van der Waals surface area contributed by atoms with Gasteiger partial charge in [0.1, 0.15) is 0 Å². The monoisotopic (exact) mass is 248 g/mol. The fourth-order valence-corrected chi connectivity index (χ4v) is 2.52. The molecule has 2 nitrogen and oxygen atoms in total. The lowest BCUT2D eigenvalue weighted by atomic mass is 9.98. The molecule has 3 rings (SSSR count). The molecule has 0 spiro atoms. The third-order valence-corrected chi connectivity index (χ3v) is 3.56. The lowest BCUT2D eigenvalue weighted by Crippen LogP contribution is -1.93. The zero-order valence-electron chi connectivity index (χ0n) is 11.2. The summed E-state index contributed by atoms with van der Waals surface area (Å²) in [7, 11) is 0. The van der Waals surface area contributed by atoms with Crippen molar-refractivity contribution in [3.8, 4) is 11.3 Å². The Hall–Kier alpha value is -2.22. The van der Waals surface area contributed by atoms with E-state index in [-0.39, 0.29) is 0 Å². The number of fused-ring (bicyclic) bond motifs is 1. The van der Waals surface area contributed by atoms with Gasteiger partial charge >= 0.3 is 0 Å². The molecule has 0 aliphatic rings. The minimum absolute atomic E-state index is 0.965. The minimum Gasteiger partial charge on any atom is -0.264 e. The highest BCUT2D eigenvalue weighted by Crippen LogP contribution is 2.30. The van der Waals surface area contributed by atoms with Crippen LogP contribution >= 0.6 is 0 Å². The predicted octanol–water partition coefficient (Wildman–Crippen LogP) is 4.17. The highest BCUT2D eigenvalue weighted by molar-refractivity contribution is 5.96. The van der Waals surface area contributed by atoms with Crippen LogP contribution in [0.25, 0.3) is 22.0 Å². The number of nitrogens with zero attached hydrogens (tertiary/aromatic N) is 2. The van der Waals surface area contributed by atoms with Crippen molar-refractivity contribution in [2.45, 2.75) is 20.3 Å². The molecule has 3 aromatic rings. The summed E-state index contributed by atoms with van der Waals surface area (Å²) in [5.41, 5.74) is 4.77. The zero-order chi connectivity index (χ0) is 13.2. The van der Waals surface area contributed by atoms with Gasteiger partial charge in [-0.25, -0.2) is 0 Å². The summed E-state index contributed by atoms with van der Waals surface area (Å²) in [6.45, 7) is 4.29. The Morgan fingerprint density at radius 2 is 1.89 bits per heavy atom. The Morgan fingerprint density at radius 1 is 1.00 bits per heavy atom. The number of hydrogen-bond acceptors (Lipinski definition) is 2. The summed E-state index contributed by atoms with van der Waals surface area (Å²) in [6, 6.07) is 10.5. The van der Waals surface area contributed by atoms with Crippen LogP contribution in [-0.4, -0.2) is 9.97 Å². The molecule has 0 N–H and O–H groups in total. The molecular weight excluding hydrogens is 232 g/mol. The fraction of sp³-hybridized carbons (Fsp3) is 0.176. The van der Waals surface area contributed by atoms with Gasteiger partial charge in [0.05, 0.1) is 5.69 Å². The van der Waals surface area contributed by atoms with E-state index in [1.165, 1.54) is 27.5 Å². The molecule has 0 saturated carbocycles. The molecule has 0 aliphatic carbocycles. The van der Waals surface area contributed by atoms with E-state index in [1.54, 1.807) is 0 Å². The van der Waals surface area contributed by atoms with Gasteiger partial charge in [0, 0.05) is 29.5 Å². The van der Waals surface area contributed by atoms with Gasteiger partial charge in [-0.05, 0) is 42.0 Å². The second-order valence-corrected chi connectivity index (χ2v) is 4.72. The second kappa shape index (κ2) is 4.81. The SMILES string of the molecule is CCc1cnccc1-c1nccc2c(C)cccc12. The lowest BCUT2D eigenvalue weighted by Gasteiger charge is -2.10. The summed E-state index contributed by atoms with van der Waals surface area (Å²) >= 11 is 0. The van der Waals surface area contributed by atoms with Gasteiger partial charge in [-0.3, -0.25) is 9.97 Å². The number of pyridine rings is 2. The molecule has 94 valence electrons. The molecule has 0 aliphatic heterocycles. The highest BCUT2D eigenvalue weighted by atomic mass is 14.7. The Morgan fingerprint density at radius 3 is 2.74 bits per heavy atom. The molecule has 1 aromatic carbocycles. The van der Waals surface area contributed by atoms with Crippen LogP contribution in [0.15, 0.2) is 48.9 Å². The van der Waals surface area contributed by atoms with Crippen molar-refractivity contribution in [1.29, 1.82) is 0 Å². The average Bonchev–Trinajstić information content (AvgIpc) is 2.47. The van der Waals surface area contributed by atoms with Crippen LogP contribution in [0.3, 0.4) is 0 Å². The number of hydrogen-bond donors (Lipinski definition) is 0. The van der Waals surface area contributed by atoms with E-state index in [0.29, 0.717) is 0 Å². The number of aryl methyl sites for hydroxylation is 2. The smallest absolute Gasteiger partial charge is 0.0784 e. The van der Waals surface area contributed by atoms with Crippen LogP contribution in [0.1, 0.15) is 18.1 Å². The first-order valence-corrected chi connectivity index (χ1v) is 6.59. The highest BCUT2D eigenvalue weighted by Gasteiger charge is 2.09. The third-order valence-electron chi connectivity index (χ3n) is 3.56. The number of rotatable bonds is 2. The molecule has 0 saturated heterocycles. The average molecular weight is 248 g/mol. The summed E-state index contributed by atoms with van der Waals surface area (Å²) in [5, 5.41) is 2.48. The quantitative estimate of drug-likeness (QED) is 0.680. The molecule has 2 heterocycles. The van der Waals surface area contributed by atoms with E-state index >= 15 is 0 Å². The molecular formula is C17H16N2. The van der Waals surface area contributed by atoms with Crippen molar-refractivity contribution >= 4 is 10.8 Å². The normalized spacial score (nSPS) is 10.8. The van der Waals surface area contributed by atoms with Crippen molar-refractivity contribution in [3.05, 3.63) is 60.0 Å². The first-order valence-electron chi connectivity index (χ1n) is 6.59. The predicted molar refractivity (Wildman–Crippen MR) is 79.1 cm³/mol. The standard InChI is InChI=1S/C17H16N2/c1-3-13-11-18-9-7-15(13)17-16-6-4-5-12(2)14(16)8-10-19-17/h4-11H,3H2,1-2H3. The third kappa shape index (κ3) is 1.99. The molecule has 0 atom stereocenters. The van der Waals surface area contributed by atoms with E-state index in [0.717, 1.165) is 12.1 Å². The van der Waals surface area contributed by atoms with Crippen molar-refractivity contribution in [2.24, 2.45) is 0 Å². The Labute approximate surface area is 113 Å². The molecule has 0 amide bonds. The molecule has 0 unspecified atom stereocenters. The maximum atomic E-state index is 4.60. The molecule has 19 heavy (non-hydrogen) atoms. The number of aromatic nitrogens is 2. The summed E-state index contributed by atoms with van der Waals surface area (Å²) in [5.74, 6) is 0. The van der Waals surface area contributed by atoms with Crippen molar-refractivity contribution in [1.82, 2.24) is 9.97 Å². The summed E-state index contributed by atoms with van der Waals surface area (Å²) < 4.78 is 0. The summed E-state index contributed by atoms with van der Waals surface area (Å²) in [6.07, 6.45) is 6.63. The molecule has 2 aromatic heterocycles. The topological polar surface area (TPSA) is 25.8 Å². The van der Waals surface area contributed by atoms with Crippen molar-refractivity contribution < 1.29 is 0 Å². The van der Waals surface area contributed by atoms with Crippen LogP contribution < -0.4 is 0 Å². The van der Waals surface area contributed by atoms with Gasteiger partial charge in [-0.15, -0.1) is 0 Å². The van der Waals surface area contributed by atoms with Crippen LogP contribution in [0.4, 0.5) is 0 Å². The maximum absolute atomic E-state index is 4.60. The van der Waals surface area contributed by atoms with Gasteiger partial charge in [-0.1, -0.05) is 25.1 Å². The van der Waals surface area contributed by atoms with Crippen LogP contribution in [0.5, 0.6) is 0 Å². The molecule has 0 radical (unpaired) electrons. The van der Waals surface area contributed by atoms with Gasteiger partial charge in [0.15, 0.2) is 0 Å². The second-order valence-electron chi connectivity index (χ2n) is 4.72. The van der Waals surface area contributed by atoms with Crippen molar-refractivity contribution in [3.63, 3.8) is 0 Å². The van der Waals surface area contributed by atoms with Crippen LogP contribution in [0.2, 0.25) is 0 Å². The minimum atomic E-state index is 0.965. The van der Waals surface area contributed by atoms with Crippen molar-refractivity contribution in [2.75, 3.05) is 0 Å².